The Kier molecular flexibility index (Phi) is 3.81. The van der Waals surface area contributed by atoms with Crippen LogP contribution < -0.4 is 0 Å². The predicted molar refractivity (Wildman–Crippen MR) is 68.4 cm³/mol. The van der Waals surface area contributed by atoms with Gasteiger partial charge in [-0.3, -0.25) is 4.79 Å². The van der Waals surface area contributed by atoms with Gasteiger partial charge in [-0.2, -0.15) is 10.2 Å². The zero-order valence-electron chi connectivity index (χ0n) is 9.65. The van der Waals surface area contributed by atoms with Crippen LogP contribution in [0.2, 0.25) is 0 Å². The molecular weight excluding hydrogens is 228 g/mol. The first kappa shape index (κ1) is 12.0. The number of hydrogen-bond acceptors (Lipinski definition) is 3. The van der Waals surface area contributed by atoms with E-state index in [1.165, 1.54) is 0 Å². The van der Waals surface area contributed by atoms with Crippen LogP contribution in [-0.2, 0) is 11.2 Å². The first-order valence-corrected chi connectivity index (χ1v) is 5.51. The minimum Gasteiger partial charge on any atom is -0.481 e. The number of azo groups is 1. The molecule has 2 aromatic rings. The van der Waals surface area contributed by atoms with E-state index in [9.17, 15) is 4.79 Å². The maximum absolute atomic E-state index is 10.5. The Bertz CT molecular complexity index is 548. The van der Waals surface area contributed by atoms with E-state index in [1.54, 1.807) is 24.3 Å². The molecule has 0 aliphatic heterocycles. The lowest BCUT2D eigenvalue weighted by Gasteiger charge is -1.97. The van der Waals surface area contributed by atoms with Gasteiger partial charge >= 0.3 is 5.97 Å². The molecule has 2 aromatic carbocycles. The summed E-state index contributed by atoms with van der Waals surface area (Å²) in [6.07, 6.45) is 0.0239. The van der Waals surface area contributed by atoms with Crippen molar-refractivity contribution in [1.29, 1.82) is 0 Å². The molecule has 0 saturated heterocycles. The van der Waals surface area contributed by atoms with E-state index in [2.05, 4.69) is 10.2 Å². The molecule has 4 heteroatoms. The highest BCUT2D eigenvalue weighted by atomic mass is 16.4. The Morgan fingerprint density at radius 2 is 1.44 bits per heavy atom. The fraction of sp³-hybridized carbons (Fsp3) is 0.0714. The molecule has 0 radical (unpaired) electrons. The largest absolute Gasteiger partial charge is 0.481 e. The van der Waals surface area contributed by atoms with Crippen molar-refractivity contribution in [3.63, 3.8) is 0 Å². The SMILES string of the molecule is O=C(O)Cc1ccc(N=Nc2ccccc2)cc1. The summed E-state index contributed by atoms with van der Waals surface area (Å²) in [6.45, 7) is 0. The standard InChI is InChI=1S/C14H12N2O2/c17-14(18)10-11-6-8-13(9-7-11)16-15-12-4-2-1-3-5-12/h1-9H,10H2,(H,17,18). The molecule has 0 fully saturated rings. The van der Waals surface area contributed by atoms with Gasteiger partial charge in [0.25, 0.3) is 0 Å². The fourth-order valence-corrected chi connectivity index (χ4v) is 1.47. The highest BCUT2D eigenvalue weighted by molar-refractivity contribution is 5.70. The maximum Gasteiger partial charge on any atom is 0.307 e. The molecule has 0 unspecified atom stereocenters. The monoisotopic (exact) mass is 240 g/mol. The summed E-state index contributed by atoms with van der Waals surface area (Å²) in [7, 11) is 0. The molecule has 0 atom stereocenters. The van der Waals surface area contributed by atoms with Gasteiger partial charge in [0, 0.05) is 0 Å². The molecule has 0 aromatic heterocycles. The number of benzene rings is 2. The van der Waals surface area contributed by atoms with Crippen LogP contribution >= 0.6 is 0 Å². The minimum absolute atomic E-state index is 0.0239. The second-order valence-corrected chi connectivity index (χ2v) is 3.77. The number of nitrogens with zero attached hydrogens (tertiary/aromatic N) is 2. The molecule has 0 heterocycles. The van der Waals surface area contributed by atoms with Crippen LogP contribution in [0.1, 0.15) is 5.56 Å². The summed E-state index contributed by atoms with van der Waals surface area (Å²) in [4.78, 5) is 10.5. The van der Waals surface area contributed by atoms with Gasteiger partial charge in [0.05, 0.1) is 17.8 Å². The molecule has 18 heavy (non-hydrogen) atoms. The molecule has 0 saturated carbocycles. The fourth-order valence-electron chi connectivity index (χ4n) is 1.47. The smallest absolute Gasteiger partial charge is 0.307 e. The molecule has 0 amide bonds. The van der Waals surface area contributed by atoms with Crippen molar-refractivity contribution in [3.05, 3.63) is 60.2 Å². The first-order valence-electron chi connectivity index (χ1n) is 5.51. The molecule has 0 spiro atoms. The number of hydrogen-bond donors (Lipinski definition) is 1. The van der Waals surface area contributed by atoms with Crippen molar-refractivity contribution in [3.8, 4) is 0 Å². The molecule has 1 N–H and O–H groups in total. The van der Waals surface area contributed by atoms with E-state index in [0.717, 1.165) is 11.3 Å². The average molecular weight is 240 g/mol. The third-order valence-corrected chi connectivity index (χ3v) is 2.33. The lowest BCUT2D eigenvalue weighted by Crippen LogP contribution is -1.98. The molecule has 2 rings (SSSR count). The number of rotatable bonds is 4. The summed E-state index contributed by atoms with van der Waals surface area (Å²) in [5, 5.41) is 16.8. The summed E-state index contributed by atoms with van der Waals surface area (Å²) >= 11 is 0. The number of aliphatic carboxylic acids is 1. The normalized spacial score (nSPS) is 10.7. The second kappa shape index (κ2) is 5.72. The number of carboxylic acids is 1. The summed E-state index contributed by atoms with van der Waals surface area (Å²) in [5.74, 6) is -0.839. The number of carbonyl (C=O) groups is 1. The van der Waals surface area contributed by atoms with Crippen LogP contribution in [-0.4, -0.2) is 11.1 Å². The quantitative estimate of drug-likeness (QED) is 0.827. The van der Waals surface area contributed by atoms with Crippen LogP contribution in [0.5, 0.6) is 0 Å². The van der Waals surface area contributed by atoms with Gasteiger partial charge in [-0.15, -0.1) is 0 Å². The maximum atomic E-state index is 10.5. The molecule has 4 nitrogen and oxygen atoms in total. The third kappa shape index (κ3) is 3.52. The lowest BCUT2D eigenvalue weighted by molar-refractivity contribution is -0.136. The van der Waals surface area contributed by atoms with Crippen molar-refractivity contribution < 1.29 is 9.90 Å². The van der Waals surface area contributed by atoms with Crippen molar-refractivity contribution >= 4 is 17.3 Å². The van der Waals surface area contributed by atoms with E-state index in [-0.39, 0.29) is 6.42 Å². The Morgan fingerprint density at radius 1 is 0.889 bits per heavy atom. The third-order valence-electron chi connectivity index (χ3n) is 2.33. The van der Waals surface area contributed by atoms with Gasteiger partial charge in [-0.25, -0.2) is 0 Å². The average Bonchev–Trinajstić information content (AvgIpc) is 2.38. The van der Waals surface area contributed by atoms with Crippen LogP contribution in [0.25, 0.3) is 0 Å². The Labute approximate surface area is 105 Å². The highest BCUT2D eigenvalue weighted by Gasteiger charge is 1.99. The van der Waals surface area contributed by atoms with E-state index in [4.69, 9.17) is 5.11 Å². The molecular formula is C14H12N2O2. The summed E-state index contributed by atoms with van der Waals surface area (Å²) in [6, 6.07) is 16.4. The van der Waals surface area contributed by atoms with Crippen LogP contribution in [0, 0.1) is 0 Å². The van der Waals surface area contributed by atoms with Gasteiger partial charge in [-0.05, 0) is 29.8 Å². The van der Waals surface area contributed by atoms with E-state index in [0.29, 0.717) is 5.69 Å². The highest BCUT2D eigenvalue weighted by Crippen LogP contribution is 2.18. The lowest BCUT2D eigenvalue weighted by atomic mass is 10.1. The molecule has 0 aliphatic rings. The number of carboxylic acid groups (broad SMARTS) is 1. The van der Waals surface area contributed by atoms with Gasteiger partial charge in [-0.1, -0.05) is 30.3 Å². The van der Waals surface area contributed by atoms with Crippen molar-refractivity contribution in [2.45, 2.75) is 6.42 Å². The van der Waals surface area contributed by atoms with Gasteiger partial charge in [0.15, 0.2) is 0 Å². The van der Waals surface area contributed by atoms with Crippen LogP contribution in [0.3, 0.4) is 0 Å². The van der Waals surface area contributed by atoms with Gasteiger partial charge in [0.2, 0.25) is 0 Å². The molecule has 0 bridgehead atoms. The second-order valence-electron chi connectivity index (χ2n) is 3.77. The molecule has 90 valence electrons. The van der Waals surface area contributed by atoms with Gasteiger partial charge in [0.1, 0.15) is 0 Å². The topological polar surface area (TPSA) is 62.0 Å². The minimum atomic E-state index is -0.839. The summed E-state index contributed by atoms with van der Waals surface area (Å²) in [5.41, 5.74) is 2.24. The zero-order chi connectivity index (χ0) is 12.8. The summed E-state index contributed by atoms with van der Waals surface area (Å²) < 4.78 is 0. The van der Waals surface area contributed by atoms with Gasteiger partial charge < -0.3 is 5.11 Å². The van der Waals surface area contributed by atoms with Crippen molar-refractivity contribution in [2.75, 3.05) is 0 Å². The zero-order valence-corrected chi connectivity index (χ0v) is 9.65. The van der Waals surface area contributed by atoms with E-state index >= 15 is 0 Å². The van der Waals surface area contributed by atoms with E-state index in [1.807, 2.05) is 30.3 Å². The predicted octanol–water partition coefficient (Wildman–Crippen LogP) is 3.73. The molecule has 0 aliphatic carbocycles. The Morgan fingerprint density at radius 3 is 2.00 bits per heavy atom. The first-order chi connectivity index (χ1) is 8.74. The Balaban J connectivity index is 2.06. The van der Waals surface area contributed by atoms with E-state index < -0.39 is 5.97 Å². The van der Waals surface area contributed by atoms with Crippen molar-refractivity contribution in [2.24, 2.45) is 10.2 Å². The van der Waals surface area contributed by atoms with Crippen molar-refractivity contribution in [1.82, 2.24) is 0 Å². The van der Waals surface area contributed by atoms with Crippen LogP contribution in [0.4, 0.5) is 11.4 Å². The van der Waals surface area contributed by atoms with Crippen LogP contribution in [0.15, 0.2) is 64.8 Å². The Hall–Kier alpha value is -2.49.